The van der Waals surface area contributed by atoms with Gasteiger partial charge in [0.15, 0.2) is 0 Å². The number of aromatic nitrogens is 2. The molecule has 0 spiro atoms. The Morgan fingerprint density at radius 1 is 0.808 bits per heavy atom. The molecule has 0 atom stereocenters. The van der Waals surface area contributed by atoms with Crippen LogP contribution in [0.2, 0.25) is 0 Å². The molecule has 3 rings (SSSR count). The Hall–Kier alpha value is -3.21. The van der Waals surface area contributed by atoms with Crippen LogP contribution in [0.5, 0.6) is 0 Å². The van der Waals surface area contributed by atoms with Gasteiger partial charge in [0.05, 0.1) is 12.4 Å². The van der Waals surface area contributed by atoms with Crippen molar-refractivity contribution in [3.05, 3.63) is 76.7 Å². The number of hydrogen-bond donors (Lipinski definition) is 2. The summed E-state index contributed by atoms with van der Waals surface area (Å²) in [6.45, 7) is 8.11. The SMILES string of the molecule is Cc1cccc(NC(=O)c2cnc(Nc3cccc(C)c3C)cn2)c1C. The fourth-order valence-corrected chi connectivity index (χ4v) is 2.61. The van der Waals surface area contributed by atoms with E-state index >= 15 is 0 Å². The third-order valence-electron chi connectivity index (χ3n) is 4.60. The molecular formula is C21H22N4O. The van der Waals surface area contributed by atoms with Crippen molar-refractivity contribution in [1.82, 2.24) is 9.97 Å². The number of rotatable bonds is 4. The van der Waals surface area contributed by atoms with Gasteiger partial charge in [-0.1, -0.05) is 24.3 Å². The van der Waals surface area contributed by atoms with Crippen molar-refractivity contribution in [3.63, 3.8) is 0 Å². The van der Waals surface area contributed by atoms with E-state index in [0.717, 1.165) is 28.1 Å². The summed E-state index contributed by atoms with van der Waals surface area (Å²) in [6.07, 6.45) is 3.05. The first kappa shape index (κ1) is 17.6. The van der Waals surface area contributed by atoms with E-state index < -0.39 is 0 Å². The van der Waals surface area contributed by atoms with Gasteiger partial charge in [-0.05, 0) is 62.1 Å². The number of nitrogens with one attached hydrogen (secondary N) is 2. The molecule has 0 aliphatic rings. The van der Waals surface area contributed by atoms with Crippen LogP contribution in [-0.4, -0.2) is 15.9 Å². The van der Waals surface area contributed by atoms with Crippen LogP contribution in [0.3, 0.4) is 0 Å². The number of carbonyl (C=O) groups is 1. The maximum atomic E-state index is 12.4. The van der Waals surface area contributed by atoms with Crippen molar-refractivity contribution in [2.75, 3.05) is 10.6 Å². The quantitative estimate of drug-likeness (QED) is 0.718. The van der Waals surface area contributed by atoms with Gasteiger partial charge in [0.1, 0.15) is 11.5 Å². The molecule has 5 heteroatoms. The van der Waals surface area contributed by atoms with Gasteiger partial charge in [0, 0.05) is 11.4 Å². The van der Waals surface area contributed by atoms with Crippen LogP contribution in [-0.2, 0) is 0 Å². The lowest BCUT2D eigenvalue weighted by Crippen LogP contribution is -2.15. The molecular weight excluding hydrogens is 324 g/mol. The van der Waals surface area contributed by atoms with Gasteiger partial charge in [-0.15, -0.1) is 0 Å². The minimum Gasteiger partial charge on any atom is -0.339 e. The minimum absolute atomic E-state index is 0.274. The molecule has 5 nitrogen and oxygen atoms in total. The minimum atomic E-state index is -0.274. The second-order valence-corrected chi connectivity index (χ2v) is 6.36. The van der Waals surface area contributed by atoms with Gasteiger partial charge in [0.2, 0.25) is 0 Å². The van der Waals surface area contributed by atoms with E-state index in [2.05, 4.69) is 40.5 Å². The average Bonchev–Trinajstić information content (AvgIpc) is 2.63. The molecule has 0 fully saturated rings. The summed E-state index contributed by atoms with van der Waals surface area (Å²) in [5.41, 5.74) is 6.57. The van der Waals surface area contributed by atoms with Crippen LogP contribution in [0.1, 0.15) is 32.7 Å². The molecule has 0 aliphatic heterocycles. The van der Waals surface area contributed by atoms with E-state index in [4.69, 9.17) is 0 Å². The first-order valence-corrected chi connectivity index (χ1v) is 8.48. The summed E-state index contributed by atoms with van der Waals surface area (Å²) in [6, 6.07) is 11.9. The maximum absolute atomic E-state index is 12.4. The number of hydrogen-bond acceptors (Lipinski definition) is 4. The number of amides is 1. The summed E-state index contributed by atoms with van der Waals surface area (Å²) in [5, 5.41) is 6.13. The molecule has 1 heterocycles. The Morgan fingerprint density at radius 3 is 2.04 bits per heavy atom. The average molecular weight is 346 g/mol. The maximum Gasteiger partial charge on any atom is 0.275 e. The predicted octanol–water partition coefficient (Wildman–Crippen LogP) is 4.71. The largest absolute Gasteiger partial charge is 0.339 e. The molecule has 0 radical (unpaired) electrons. The predicted molar refractivity (Wildman–Crippen MR) is 105 cm³/mol. The topological polar surface area (TPSA) is 66.9 Å². The fourth-order valence-electron chi connectivity index (χ4n) is 2.61. The number of benzene rings is 2. The highest BCUT2D eigenvalue weighted by Crippen LogP contribution is 2.22. The second-order valence-electron chi connectivity index (χ2n) is 6.36. The third-order valence-corrected chi connectivity index (χ3v) is 4.60. The lowest BCUT2D eigenvalue weighted by atomic mass is 10.1. The van der Waals surface area contributed by atoms with E-state index in [1.807, 2.05) is 44.2 Å². The number of nitrogens with zero attached hydrogens (tertiary/aromatic N) is 2. The van der Waals surface area contributed by atoms with E-state index in [0.29, 0.717) is 5.82 Å². The zero-order valence-electron chi connectivity index (χ0n) is 15.4. The molecule has 1 aromatic heterocycles. The molecule has 0 bridgehead atoms. The van der Waals surface area contributed by atoms with Crippen LogP contribution in [0.25, 0.3) is 0 Å². The van der Waals surface area contributed by atoms with Crippen LogP contribution in [0.4, 0.5) is 17.2 Å². The molecule has 26 heavy (non-hydrogen) atoms. The molecule has 2 N–H and O–H groups in total. The fraction of sp³-hybridized carbons (Fsp3) is 0.190. The van der Waals surface area contributed by atoms with E-state index in [9.17, 15) is 4.79 Å². The zero-order chi connectivity index (χ0) is 18.7. The second kappa shape index (κ2) is 7.35. The molecule has 0 unspecified atom stereocenters. The summed E-state index contributed by atoms with van der Waals surface area (Å²) in [4.78, 5) is 21.0. The standard InChI is InChI=1S/C21H22N4O/c1-13-7-5-9-17(15(13)3)24-20-12-22-19(11-23-20)21(26)25-18-10-6-8-14(2)16(18)4/h5-12H,1-4H3,(H,23,24)(H,25,26). The first-order chi connectivity index (χ1) is 12.5. The van der Waals surface area contributed by atoms with Crippen molar-refractivity contribution in [1.29, 1.82) is 0 Å². The van der Waals surface area contributed by atoms with Crippen molar-refractivity contribution in [2.24, 2.45) is 0 Å². The van der Waals surface area contributed by atoms with Gasteiger partial charge < -0.3 is 10.6 Å². The summed E-state index contributed by atoms with van der Waals surface area (Å²) in [7, 11) is 0. The third kappa shape index (κ3) is 3.72. The Labute approximate surface area is 153 Å². The highest BCUT2D eigenvalue weighted by atomic mass is 16.1. The Balaban J connectivity index is 1.74. The monoisotopic (exact) mass is 346 g/mol. The van der Waals surface area contributed by atoms with Gasteiger partial charge in [0.25, 0.3) is 5.91 Å². The molecule has 3 aromatic rings. The number of carbonyl (C=O) groups excluding carboxylic acids is 1. The van der Waals surface area contributed by atoms with Gasteiger partial charge in [-0.3, -0.25) is 4.79 Å². The smallest absolute Gasteiger partial charge is 0.275 e. The lowest BCUT2D eigenvalue weighted by Gasteiger charge is -2.11. The van der Waals surface area contributed by atoms with Gasteiger partial charge in [-0.2, -0.15) is 0 Å². The molecule has 1 amide bonds. The molecule has 132 valence electrons. The highest BCUT2D eigenvalue weighted by molar-refractivity contribution is 6.03. The van der Waals surface area contributed by atoms with Crippen molar-refractivity contribution in [2.45, 2.75) is 27.7 Å². The van der Waals surface area contributed by atoms with Crippen molar-refractivity contribution in [3.8, 4) is 0 Å². The lowest BCUT2D eigenvalue weighted by molar-refractivity contribution is 0.102. The summed E-state index contributed by atoms with van der Waals surface area (Å²) >= 11 is 0. The number of aryl methyl sites for hydroxylation is 2. The van der Waals surface area contributed by atoms with Crippen LogP contribution in [0, 0.1) is 27.7 Å². The van der Waals surface area contributed by atoms with Crippen LogP contribution in [0.15, 0.2) is 48.8 Å². The Morgan fingerprint density at radius 2 is 1.42 bits per heavy atom. The summed E-state index contributed by atoms with van der Waals surface area (Å²) in [5.74, 6) is 0.325. The molecule has 0 saturated carbocycles. The zero-order valence-corrected chi connectivity index (χ0v) is 15.4. The highest BCUT2D eigenvalue weighted by Gasteiger charge is 2.11. The molecule has 0 saturated heterocycles. The van der Waals surface area contributed by atoms with Crippen LogP contribution >= 0.6 is 0 Å². The molecule has 2 aromatic carbocycles. The van der Waals surface area contributed by atoms with Crippen LogP contribution < -0.4 is 10.6 Å². The number of anilines is 3. The summed E-state index contributed by atoms with van der Waals surface area (Å²) < 4.78 is 0. The Kier molecular flexibility index (Phi) is 4.98. The van der Waals surface area contributed by atoms with Crippen molar-refractivity contribution >= 4 is 23.1 Å². The first-order valence-electron chi connectivity index (χ1n) is 8.48. The van der Waals surface area contributed by atoms with E-state index in [1.54, 1.807) is 6.20 Å². The van der Waals surface area contributed by atoms with E-state index in [1.165, 1.54) is 11.8 Å². The van der Waals surface area contributed by atoms with Crippen molar-refractivity contribution < 1.29 is 4.79 Å². The molecule has 0 aliphatic carbocycles. The van der Waals surface area contributed by atoms with Gasteiger partial charge >= 0.3 is 0 Å². The van der Waals surface area contributed by atoms with Gasteiger partial charge in [-0.25, -0.2) is 9.97 Å². The Bertz CT molecular complexity index is 949. The normalized spacial score (nSPS) is 10.5. The van der Waals surface area contributed by atoms with E-state index in [-0.39, 0.29) is 11.6 Å².